The van der Waals surface area contributed by atoms with Crippen molar-refractivity contribution in [2.45, 2.75) is 39.5 Å². The zero-order valence-corrected chi connectivity index (χ0v) is 11.6. The average Bonchev–Trinajstić information content (AvgIpc) is 3.09. The van der Waals surface area contributed by atoms with E-state index in [2.05, 4.69) is 36.0 Å². The summed E-state index contributed by atoms with van der Waals surface area (Å²) in [6, 6.07) is 0. The summed E-state index contributed by atoms with van der Waals surface area (Å²) < 4.78 is 0. The lowest BCUT2D eigenvalue weighted by molar-refractivity contribution is 0.260. The molecule has 1 aliphatic rings. The molecule has 0 saturated heterocycles. The molecular formula is C14H29N3. The third-order valence-electron chi connectivity index (χ3n) is 3.13. The fourth-order valence-electron chi connectivity index (χ4n) is 2.09. The normalized spacial score (nSPS) is 15.0. The molecule has 0 heterocycles. The summed E-state index contributed by atoms with van der Waals surface area (Å²) in [5.41, 5.74) is 0. The Labute approximate surface area is 107 Å². The molecule has 0 atom stereocenters. The van der Waals surface area contributed by atoms with Crippen molar-refractivity contribution >= 4 is 0 Å². The molecule has 0 aromatic heterocycles. The molecule has 1 rings (SSSR count). The number of rotatable bonds is 11. The lowest BCUT2D eigenvalue weighted by Gasteiger charge is -2.21. The molecule has 1 saturated carbocycles. The molecule has 100 valence electrons. The van der Waals surface area contributed by atoms with Crippen molar-refractivity contribution < 1.29 is 0 Å². The smallest absolute Gasteiger partial charge is 0.0912 e. The van der Waals surface area contributed by atoms with Crippen molar-refractivity contribution in [1.29, 1.82) is 0 Å². The van der Waals surface area contributed by atoms with Crippen molar-refractivity contribution in [3.8, 4) is 0 Å². The van der Waals surface area contributed by atoms with Gasteiger partial charge >= 0.3 is 0 Å². The fourth-order valence-corrected chi connectivity index (χ4v) is 2.09. The summed E-state index contributed by atoms with van der Waals surface area (Å²) in [6.07, 6.45) is 5.38. The van der Waals surface area contributed by atoms with Gasteiger partial charge in [0.2, 0.25) is 0 Å². The highest BCUT2D eigenvalue weighted by molar-refractivity contribution is 4.86. The van der Waals surface area contributed by atoms with Crippen molar-refractivity contribution in [2.24, 2.45) is 5.92 Å². The molecule has 3 heteroatoms. The zero-order valence-electron chi connectivity index (χ0n) is 11.6. The fraction of sp³-hybridized carbons (Fsp3) is 0.857. The molecule has 0 radical (unpaired) electrons. The summed E-state index contributed by atoms with van der Waals surface area (Å²) >= 11 is 0. The molecule has 0 unspecified atom stereocenters. The van der Waals surface area contributed by atoms with Gasteiger partial charge in [-0.1, -0.05) is 13.5 Å². The van der Waals surface area contributed by atoms with Crippen LogP contribution in [-0.2, 0) is 0 Å². The Morgan fingerprint density at radius 1 is 1.24 bits per heavy atom. The number of hydrogen-bond donors (Lipinski definition) is 2. The van der Waals surface area contributed by atoms with Crippen molar-refractivity contribution in [2.75, 3.05) is 32.7 Å². The molecule has 0 aromatic carbocycles. The van der Waals surface area contributed by atoms with Crippen LogP contribution in [0.25, 0.3) is 0 Å². The van der Waals surface area contributed by atoms with Gasteiger partial charge in [-0.2, -0.15) is 0 Å². The Kier molecular flexibility index (Phi) is 7.10. The van der Waals surface area contributed by atoms with Gasteiger partial charge in [0.15, 0.2) is 0 Å². The molecule has 0 spiro atoms. The first kappa shape index (κ1) is 14.4. The predicted molar refractivity (Wildman–Crippen MR) is 74.9 cm³/mol. The lowest BCUT2D eigenvalue weighted by Crippen LogP contribution is -2.31. The van der Waals surface area contributed by atoms with Gasteiger partial charge in [-0.3, -0.25) is 0 Å². The van der Waals surface area contributed by atoms with E-state index in [1.807, 2.05) is 0 Å². The van der Waals surface area contributed by atoms with Gasteiger partial charge in [0, 0.05) is 19.6 Å². The van der Waals surface area contributed by atoms with Gasteiger partial charge in [-0.25, -0.2) is 0 Å². The molecule has 0 bridgehead atoms. The molecule has 3 nitrogen and oxygen atoms in total. The second kappa shape index (κ2) is 8.40. The van der Waals surface area contributed by atoms with Crippen molar-refractivity contribution in [3.63, 3.8) is 0 Å². The van der Waals surface area contributed by atoms with Crippen LogP contribution in [0.15, 0.2) is 12.4 Å². The first-order chi connectivity index (χ1) is 8.26. The molecule has 1 aliphatic carbocycles. The maximum Gasteiger partial charge on any atom is 0.0912 e. The maximum absolute atomic E-state index is 3.92. The Morgan fingerprint density at radius 2 is 2.00 bits per heavy atom. The van der Waals surface area contributed by atoms with E-state index in [1.54, 1.807) is 0 Å². The van der Waals surface area contributed by atoms with Crippen LogP contribution < -0.4 is 10.6 Å². The first-order valence-corrected chi connectivity index (χ1v) is 7.15. The predicted octanol–water partition coefficient (Wildman–Crippen LogP) is 2.17. The van der Waals surface area contributed by atoms with E-state index in [1.165, 1.54) is 45.3 Å². The SMILES string of the molecule is C=C(NCC)NCCCN(CCC)CC1CC1. The van der Waals surface area contributed by atoms with Gasteiger partial charge in [-0.15, -0.1) is 0 Å². The minimum Gasteiger partial charge on any atom is -0.373 e. The second-order valence-corrected chi connectivity index (χ2v) is 5.03. The van der Waals surface area contributed by atoms with Gasteiger partial charge in [-0.05, 0) is 51.6 Å². The quantitative estimate of drug-likeness (QED) is 0.541. The zero-order chi connectivity index (χ0) is 12.5. The molecule has 1 fully saturated rings. The molecule has 2 N–H and O–H groups in total. The Bertz CT molecular complexity index is 212. The van der Waals surface area contributed by atoms with E-state index < -0.39 is 0 Å². The van der Waals surface area contributed by atoms with Crippen molar-refractivity contribution in [3.05, 3.63) is 12.4 Å². The van der Waals surface area contributed by atoms with E-state index >= 15 is 0 Å². The van der Waals surface area contributed by atoms with Crippen LogP contribution in [0.3, 0.4) is 0 Å². The standard InChI is InChI=1S/C14H29N3/c1-4-10-17(12-14-7-8-14)11-6-9-16-13(3)15-5-2/h14-16H,3-12H2,1-2H3. The van der Waals surface area contributed by atoms with E-state index in [4.69, 9.17) is 0 Å². The Morgan fingerprint density at radius 3 is 2.59 bits per heavy atom. The third kappa shape index (κ3) is 7.27. The molecular weight excluding hydrogens is 210 g/mol. The molecule has 0 aromatic rings. The average molecular weight is 239 g/mol. The lowest BCUT2D eigenvalue weighted by atomic mass is 10.3. The molecule has 17 heavy (non-hydrogen) atoms. The van der Waals surface area contributed by atoms with E-state index in [-0.39, 0.29) is 0 Å². The van der Waals surface area contributed by atoms with E-state index in [0.29, 0.717) is 0 Å². The van der Waals surface area contributed by atoms with Crippen LogP contribution in [0.5, 0.6) is 0 Å². The number of nitrogens with one attached hydrogen (secondary N) is 2. The van der Waals surface area contributed by atoms with Crippen LogP contribution in [0, 0.1) is 5.92 Å². The second-order valence-electron chi connectivity index (χ2n) is 5.03. The maximum atomic E-state index is 3.92. The van der Waals surface area contributed by atoms with Crippen LogP contribution in [0.4, 0.5) is 0 Å². The summed E-state index contributed by atoms with van der Waals surface area (Å²) in [5, 5.41) is 6.50. The van der Waals surface area contributed by atoms with Crippen LogP contribution in [0.1, 0.15) is 39.5 Å². The van der Waals surface area contributed by atoms with Gasteiger partial charge in [0.05, 0.1) is 5.82 Å². The third-order valence-corrected chi connectivity index (χ3v) is 3.13. The highest BCUT2D eigenvalue weighted by Crippen LogP contribution is 2.29. The number of hydrogen-bond acceptors (Lipinski definition) is 3. The van der Waals surface area contributed by atoms with Gasteiger partial charge in [0.25, 0.3) is 0 Å². The summed E-state index contributed by atoms with van der Waals surface area (Å²) in [6.45, 7) is 14.0. The summed E-state index contributed by atoms with van der Waals surface area (Å²) in [5.74, 6) is 1.96. The Hall–Kier alpha value is -0.700. The molecule has 0 aliphatic heterocycles. The first-order valence-electron chi connectivity index (χ1n) is 7.15. The number of nitrogens with zero attached hydrogens (tertiary/aromatic N) is 1. The van der Waals surface area contributed by atoms with E-state index in [9.17, 15) is 0 Å². The monoisotopic (exact) mass is 239 g/mol. The minimum atomic E-state index is 0.940. The highest BCUT2D eigenvalue weighted by atomic mass is 15.1. The largest absolute Gasteiger partial charge is 0.373 e. The Balaban J connectivity index is 2.02. The molecule has 0 amide bonds. The summed E-state index contributed by atoms with van der Waals surface area (Å²) in [4.78, 5) is 2.62. The highest BCUT2D eigenvalue weighted by Gasteiger charge is 2.23. The van der Waals surface area contributed by atoms with Gasteiger partial charge < -0.3 is 15.5 Å². The van der Waals surface area contributed by atoms with Gasteiger partial charge in [0.1, 0.15) is 0 Å². The minimum absolute atomic E-state index is 0.940. The van der Waals surface area contributed by atoms with E-state index in [0.717, 1.165) is 24.8 Å². The van der Waals surface area contributed by atoms with Crippen LogP contribution >= 0.6 is 0 Å². The topological polar surface area (TPSA) is 27.3 Å². The van der Waals surface area contributed by atoms with Crippen LogP contribution in [-0.4, -0.2) is 37.6 Å². The van der Waals surface area contributed by atoms with Crippen molar-refractivity contribution in [1.82, 2.24) is 15.5 Å². The van der Waals surface area contributed by atoms with Crippen LogP contribution in [0.2, 0.25) is 0 Å². The summed E-state index contributed by atoms with van der Waals surface area (Å²) in [7, 11) is 0.